The minimum Gasteiger partial charge on any atom is -0.480 e. The van der Waals surface area contributed by atoms with Crippen molar-refractivity contribution in [3.05, 3.63) is 28.8 Å². The summed E-state index contributed by atoms with van der Waals surface area (Å²) in [6.07, 6.45) is 0.677. The van der Waals surface area contributed by atoms with Crippen LogP contribution in [0.1, 0.15) is 18.9 Å². The Hall–Kier alpha value is -1.26. The first-order valence-corrected chi connectivity index (χ1v) is 6.38. The zero-order chi connectivity index (χ0) is 13.1. The van der Waals surface area contributed by atoms with Crippen LogP contribution < -0.4 is 10.1 Å². The van der Waals surface area contributed by atoms with Gasteiger partial charge in [-0.25, -0.2) is 0 Å². The Balaban J connectivity index is 2.00. The average molecular weight is 270 g/mol. The molecule has 18 heavy (non-hydrogen) atoms. The lowest BCUT2D eigenvalue weighted by Crippen LogP contribution is -2.44. The molecule has 98 valence electrons. The molecule has 0 fully saturated rings. The highest BCUT2D eigenvalue weighted by Gasteiger charge is 2.30. The Labute approximate surface area is 111 Å². The van der Waals surface area contributed by atoms with Gasteiger partial charge < -0.3 is 15.2 Å². The predicted octanol–water partition coefficient (Wildman–Crippen LogP) is 1.53. The fraction of sp³-hybridized carbons (Fsp3) is 0.462. The molecule has 2 atom stereocenters. The lowest BCUT2D eigenvalue weighted by molar-refractivity contribution is -0.128. The molecule has 0 spiro atoms. The second-order valence-electron chi connectivity index (χ2n) is 4.36. The summed E-state index contributed by atoms with van der Waals surface area (Å²) in [4.78, 5) is 11.9. The number of ether oxygens (including phenoxy) is 1. The van der Waals surface area contributed by atoms with E-state index >= 15 is 0 Å². The van der Waals surface area contributed by atoms with Crippen molar-refractivity contribution in [3.8, 4) is 5.75 Å². The van der Waals surface area contributed by atoms with E-state index in [0.29, 0.717) is 23.6 Å². The molecule has 0 aromatic heterocycles. The van der Waals surface area contributed by atoms with Gasteiger partial charge >= 0.3 is 0 Å². The van der Waals surface area contributed by atoms with Gasteiger partial charge in [-0.2, -0.15) is 0 Å². The van der Waals surface area contributed by atoms with E-state index in [-0.39, 0.29) is 18.6 Å². The molecule has 1 aromatic rings. The molecule has 1 aliphatic rings. The lowest BCUT2D eigenvalue weighted by Gasteiger charge is -2.17. The summed E-state index contributed by atoms with van der Waals surface area (Å²) in [6, 6.07) is 5.11. The molecule has 1 aliphatic heterocycles. The highest BCUT2D eigenvalue weighted by Crippen LogP contribution is 2.31. The first-order valence-electron chi connectivity index (χ1n) is 6.00. The third-order valence-electron chi connectivity index (χ3n) is 3.05. The molecular formula is C13H16ClNO3. The maximum atomic E-state index is 11.9. The number of amides is 1. The highest BCUT2D eigenvalue weighted by atomic mass is 35.5. The molecule has 2 rings (SSSR count). The van der Waals surface area contributed by atoms with Crippen molar-refractivity contribution in [1.29, 1.82) is 0 Å². The van der Waals surface area contributed by atoms with E-state index in [1.807, 2.05) is 13.0 Å². The number of hydrogen-bond donors (Lipinski definition) is 2. The van der Waals surface area contributed by atoms with Gasteiger partial charge in [0.25, 0.3) is 5.91 Å². The lowest BCUT2D eigenvalue weighted by atomic mass is 10.1. The van der Waals surface area contributed by atoms with E-state index in [2.05, 4.69) is 5.32 Å². The van der Waals surface area contributed by atoms with Gasteiger partial charge in [0.1, 0.15) is 5.75 Å². The van der Waals surface area contributed by atoms with E-state index in [1.165, 1.54) is 0 Å². The van der Waals surface area contributed by atoms with Crippen LogP contribution in [-0.2, 0) is 11.2 Å². The summed E-state index contributed by atoms with van der Waals surface area (Å²) in [7, 11) is 0. The molecule has 0 saturated carbocycles. The quantitative estimate of drug-likeness (QED) is 0.872. The molecule has 0 bridgehead atoms. The number of carbonyl (C=O) groups excluding carboxylic acids is 1. The Bertz CT molecular complexity index is 446. The SMILES string of the molecule is CC[C@H](CO)NC(=O)C1Cc2cc(Cl)ccc2O1. The van der Waals surface area contributed by atoms with Crippen molar-refractivity contribution in [2.75, 3.05) is 6.61 Å². The van der Waals surface area contributed by atoms with Crippen LogP contribution in [0.4, 0.5) is 0 Å². The summed E-state index contributed by atoms with van der Waals surface area (Å²) >= 11 is 5.89. The van der Waals surface area contributed by atoms with E-state index in [0.717, 1.165) is 5.56 Å². The molecule has 0 radical (unpaired) electrons. The minimum atomic E-state index is -0.529. The van der Waals surface area contributed by atoms with Crippen molar-refractivity contribution >= 4 is 17.5 Å². The third kappa shape index (κ3) is 2.76. The number of halogens is 1. The molecule has 5 heteroatoms. The van der Waals surface area contributed by atoms with Crippen LogP contribution in [0.5, 0.6) is 5.75 Å². The van der Waals surface area contributed by atoms with E-state index in [1.54, 1.807) is 12.1 Å². The van der Waals surface area contributed by atoms with E-state index in [9.17, 15) is 4.79 Å². The molecule has 0 saturated heterocycles. The zero-order valence-electron chi connectivity index (χ0n) is 10.1. The van der Waals surface area contributed by atoms with Gasteiger partial charge in [-0.15, -0.1) is 0 Å². The van der Waals surface area contributed by atoms with Crippen LogP contribution >= 0.6 is 11.6 Å². The number of aliphatic hydroxyl groups is 1. The summed E-state index contributed by atoms with van der Waals surface area (Å²) in [5.41, 5.74) is 0.944. The molecule has 1 amide bonds. The normalized spacial score (nSPS) is 18.9. The number of rotatable bonds is 4. The molecule has 4 nitrogen and oxygen atoms in total. The molecular weight excluding hydrogens is 254 g/mol. The first-order chi connectivity index (χ1) is 8.63. The van der Waals surface area contributed by atoms with Crippen LogP contribution in [0, 0.1) is 0 Å². The second-order valence-corrected chi connectivity index (χ2v) is 4.80. The van der Waals surface area contributed by atoms with Crippen molar-refractivity contribution in [3.63, 3.8) is 0 Å². The molecule has 1 unspecified atom stereocenters. The monoisotopic (exact) mass is 269 g/mol. The predicted molar refractivity (Wildman–Crippen MR) is 68.9 cm³/mol. The first kappa shape index (κ1) is 13.2. The summed E-state index contributed by atoms with van der Waals surface area (Å²) in [5, 5.41) is 12.5. The van der Waals surface area contributed by atoms with E-state index in [4.69, 9.17) is 21.4 Å². The highest BCUT2D eigenvalue weighted by molar-refractivity contribution is 6.30. The van der Waals surface area contributed by atoms with Crippen LogP contribution in [0.15, 0.2) is 18.2 Å². The maximum Gasteiger partial charge on any atom is 0.261 e. The molecule has 2 N–H and O–H groups in total. The molecule has 1 aromatic carbocycles. The number of fused-ring (bicyclic) bond motifs is 1. The van der Waals surface area contributed by atoms with Gasteiger partial charge in [-0.05, 0) is 30.2 Å². The Morgan fingerprint density at radius 1 is 1.67 bits per heavy atom. The summed E-state index contributed by atoms with van der Waals surface area (Å²) in [6.45, 7) is 1.85. The number of aliphatic hydroxyl groups excluding tert-OH is 1. The van der Waals surface area contributed by atoms with Gasteiger partial charge in [-0.1, -0.05) is 18.5 Å². The molecule has 1 heterocycles. The van der Waals surface area contributed by atoms with Crippen molar-refractivity contribution in [2.45, 2.75) is 31.9 Å². The van der Waals surface area contributed by atoms with Crippen LogP contribution in [-0.4, -0.2) is 29.8 Å². The number of hydrogen-bond acceptors (Lipinski definition) is 3. The minimum absolute atomic E-state index is 0.0618. The van der Waals surface area contributed by atoms with Crippen molar-refractivity contribution < 1.29 is 14.6 Å². The van der Waals surface area contributed by atoms with Gasteiger partial charge in [0.15, 0.2) is 6.10 Å². The Morgan fingerprint density at radius 3 is 3.11 bits per heavy atom. The van der Waals surface area contributed by atoms with E-state index < -0.39 is 6.10 Å². The third-order valence-corrected chi connectivity index (χ3v) is 3.28. The number of nitrogens with one attached hydrogen (secondary N) is 1. The fourth-order valence-electron chi connectivity index (χ4n) is 1.93. The van der Waals surface area contributed by atoms with Crippen LogP contribution in [0.2, 0.25) is 5.02 Å². The smallest absolute Gasteiger partial charge is 0.261 e. The number of benzene rings is 1. The standard InChI is InChI=1S/C13H16ClNO3/c1-2-10(7-16)15-13(17)12-6-8-5-9(14)3-4-11(8)18-12/h3-5,10,12,16H,2,6-7H2,1H3,(H,15,17)/t10-,12?/m1/s1. The largest absolute Gasteiger partial charge is 0.480 e. The van der Waals surface area contributed by atoms with Gasteiger partial charge in [0, 0.05) is 11.4 Å². The second kappa shape index (κ2) is 5.59. The number of carbonyl (C=O) groups is 1. The van der Waals surface area contributed by atoms with Gasteiger partial charge in [0.2, 0.25) is 0 Å². The maximum absolute atomic E-state index is 11.9. The zero-order valence-corrected chi connectivity index (χ0v) is 10.9. The fourth-order valence-corrected chi connectivity index (χ4v) is 2.13. The van der Waals surface area contributed by atoms with Gasteiger partial charge in [-0.3, -0.25) is 4.79 Å². The topological polar surface area (TPSA) is 58.6 Å². The van der Waals surface area contributed by atoms with Crippen LogP contribution in [0.3, 0.4) is 0 Å². The van der Waals surface area contributed by atoms with Crippen molar-refractivity contribution in [2.24, 2.45) is 0 Å². The summed E-state index contributed by atoms with van der Waals surface area (Å²) in [5.74, 6) is 0.514. The Morgan fingerprint density at radius 2 is 2.44 bits per heavy atom. The average Bonchev–Trinajstić information content (AvgIpc) is 2.78. The van der Waals surface area contributed by atoms with Crippen LogP contribution in [0.25, 0.3) is 0 Å². The van der Waals surface area contributed by atoms with Crippen molar-refractivity contribution in [1.82, 2.24) is 5.32 Å². The summed E-state index contributed by atoms with van der Waals surface area (Å²) < 4.78 is 5.56. The molecule has 0 aliphatic carbocycles. The Kier molecular flexibility index (Phi) is 4.09. The van der Waals surface area contributed by atoms with Gasteiger partial charge in [0.05, 0.1) is 12.6 Å².